The molecule has 0 spiro atoms. The lowest BCUT2D eigenvalue weighted by Crippen LogP contribution is -2.19. The van der Waals surface area contributed by atoms with Gasteiger partial charge in [-0.2, -0.15) is 0 Å². The van der Waals surface area contributed by atoms with Gasteiger partial charge < -0.3 is 9.84 Å². The third-order valence-electron chi connectivity index (χ3n) is 3.42. The van der Waals surface area contributed by atoms with E-state index in [1.54, 1.807) is 18.2 Å². The number of halogens is 4. The van der Waals surface area contributed by atoms with Crippen LogP contribution in [0.15, 0.2) is 30.3 Å². The maximum Gasteiger partial charge on any atom is 0.194 e. The fraction of sp³-hybridized carbons (Fsp3) is 0.200. The maximum atomic E-state index is 13.3. The average Bonchev–Trinajstić information content (AvgIpc) is 2.44. The van der Waals surface area contributed by atoms with Crippen LogP contribution < -0.4 is 4.74 Å². The Balaban J connectivity index is 1.98. The Bertz CT molecular complexity index is 682. The highest BCUT2D eigenvalue weighted by Gasteiger charge is 2.29. The standard InChI is InChI=1S/C15H10ClF3O2/c16-8-1-2-13-9(5-8)12(20)6-14(21-13)7-3-10(17)15(19)11(18)4-7/h1-5,12,14,20H,6H2. The number of benzene rings is 2. The first-order valence-corrected chi connectivity index (χ1v) is 6.62. The van der Waals surface area contributed by atoms with Crippen LogP contribution in [0.3, 0.4) is 0 Å². The number of hydrogen-bond acceptors (Lipinski definition) is 2. The maximum absolute atomic E-state index is 13.3. The Morgan fingerprint density at radius 1 is 1.10 bits per heavy atom. The fourth-order valence-corrected chi connectivity index (χ4v) is 2.56. The first-order valence-electron chi connectivity index (χ1n) is 6.24. The summed E-state index contributed by atoms with van der Waals surface area (Å²) in [6, 6.07) is 6.47. The molecule has 0 fully saturated rings. The second-order valence-corrected chi connectivity index (χ2v) is 5.28. The van der Waals surface area contributed by atoms with Gasteiger partial charge in [-0.1, -0.05) is 11.6 Å². The van der Waals surface area contributed by atoms with E-state index in [1.165, 1.54) is 0 Å². The summed E-state index contributed by atoms with van der Waals surface area (Å²) in [5.41, 5.74) is 0.646. The molecule has 6 heteroatoms. The average molecular weight is 315 g/mol. The molecule has 2 nitrogen and oxygen atoms in total. The molecule has 0 bridgehead atoms. The molecule has 2 aromatic carbocycles. The minimum Gasteiger partial charge on any atom is -0.485 e. The van der Waals surface area contributed by atoms with Gasteiger partial charge in [0.05, 0.1) is 6.10 Å². The summed E-state index contributed by atoms with van der Waals surface area (Å²) < 4.78 is 45.2. The molecular weight excluding hydrogens is 305 g/mol. The van der Waals surface area contributed by atoms with Crippen molar-refractivity contribution in [1.29, 1.82) is 0 Å². The van der Waals surface area contributed by atoms with Crippen molar-refractivity contribution >= 4 is 11.6 Å². The summed E-state index contributed by atoms with van der Waals surface area (Å²) in [7, 11) is 0. The van der Waals surface area contributed by atoms with Gasteiger partial charge in [0.1, 0.15) is 11.9 Å². The zero-order valence-electron chi connectivity index (χ0n) is 10.6. The van der Waals surface area contributed by atoms with Crippen LogP contribution in [0.25, 0.3) is 0 Å². The molecule has 2 unspecified atom stereocenters. The van der Waals surface area contributed by atoms with Gasteiger partial charge in [-0.05, 0) is 35.9 Å². The molecule has 2 atom stereocenters. The van der Waals surface area contributed by atoms with E-state index in [-0.39, 0.29) is 12.0 Å². The topological polar surface area (TPSA) is 29.5 Å². The summed E-state index contributed by atoms with van der Waals surface area (Å²) in [5, 5.41) is 10.6. The quantitative estimate of drug-likeness (QED) is 0.795. The van der Waals surface area contributed by atoms with E-state index < -0.39 is 29.7 Å². The number of rotatable bonds is 1. The molecule has 0 saturated heterocycles. The van der Waals surface area contributed by atoms with Crippen molar-refractivity contribution in [3.8, 4) is 5.75 Å². The zero-order valence-corrected chi connectivity index (χ0v) is 11.4. The zero-order chi connectivity index (χ0) is 15.1. The Morgan fingerprint density at radius 3 is 2.43 bits per heavy atom. The van der Waals surface area contributed by atoms with Crippen LogP contribution in [-0.2, 0) is 0 Å². The molecule has 0 radical (unpaired) electrons. The van der Waals surface area contributed by atoms with E-state index in [4.69, 9.17) is 16.3 Å². The molecule has 21 heavy (non-hydrogen) atoms. The number of fused-ring (bicyclic) bond motifs is 1. The van der Waals surface area contributed by atoms with Gasteiger partial charge in [0.2, 0.25) is 0 Å². The molecular formula is C15H10ClF3O2. The van der Waals surface area contributed by atoms with Crippen molar-refractivity contribution in [3.63, 3.8) is 0 Å². The van der Waals surface area contributed by atoms with Gasteiger partial charge >= 0.3 is 0 Å². The summed E-state index contributed by atoms with van der Waals surface area (Å²) in [6.07, 6.45) is -1.55. The van der Waals surface area contributed by atoms with Gasteiger partial charge in [0.25, 0.3) is 0 Å². The molecule has 3 rings (SSSR count). The number of aliphatic hydroxyl groups excluding tert-OH is 1. The Kier molecular flexibility index (Phi) is 3.55. The highest BCUT2D eigenvalue weighted by Crippen LogP contribution is 2.42. The van der Waals surface area contributed by atoms with Crippen LogP contribution in [0.1, 0.15) is 29.8 Å². The molecule has 0 saturated carbocycles. The van der Waals surface area contributed by atoms with E-state index in [2.05, 4.69) is 0 Å². The largest absolute Gasteiger partial charge is 0.485 e. The first-order chi connectivity index (χ1) is 9.95. The van der Waals surface area contributed by atoms with Gasteiger partial charge in [-0.15, -0.1) is 0 Å². The monoisotopic (exact) mass is 314 g/mol. The summed E-state index contributed by atoms with van der Waals surface area (Å²) in [4.78, 5) is 0. The lowest BCUT2D eigenvalue weighted by atomic mass is 9.95. The first kappa shape index (κ1) is 14.2. The lowest BCUT2D eigenvalue weighted by molar-refractivity contribution is 0.0653. The molecule has 0 aliphatic carbocycles. The van der Waals surface area contributed by atoms with Gasteiger partial charge in [0.15, 0.2) is 17.5 Å². The van der Waals surface area contributed by atoms with E-state index in [0.29, 0.717) is 16.3 Å². The minimum atomic E-state index is -1.53. The molecule has 1 aliphatic rings. The van der Waals surface area contributed by atoms with Crippen LogP contribution in [0.2, 0.25) is 5.02 Å². The highest BCUT2D eigenvalue weighted by atomic mass is 35.5. The number of ether oxygens (including phenoxy) is 1. The SMILES string of the molecule is OC1CC(c2cc(F)c(F)c(F)c2)Oc2ccc(Cl)cc21. The van der Waals surface area contributed by atoms with Gasteiger partial charge in [0, 0.05) is 17.0 Å². The second-order valence-electron chi connectivity index (χ2n) is 4.84. The van der Waals surface area contributed by atoms with Crippen LogP contribution in [0.5, 0.6) is 5.75 Å². The summed E-state index contributed by atoms with van der Waals surface area (Å²) >= 11 is 5.85. The van der Waals surface area contributed by atoms with Crippen LogP contribution in [0, 0.1) is 17.5 Å². The molecule has 0 aromatic heterocycles. The van der Waals surface area contributed by atoms with Gasteiger partial charge in [-0.3, -0.25) is 0 Å². The Morgan fingerprint density at radius 2 is 1.76 bits per heavy atom. The fourth-order valence-electron chi connectivity index (χ4n) is 2.38. The Hall–Kier alpha value is -1.72. The lowest BCUT2D eigenvalue weighted by Gasteiger charge is -2.30. The predicted molar refractivity (Wildman–Crippen MR) is 70.7 cm³/mol. The molecule has 0 amide bonds. The highest BCUT2D eigenvalue weighted by molar-refractivity contribution is 6.30. The summed E-state index contributed by atoms with van der Waals surface area (Å²) in [5.74, 6) is -3.72. The molecule has 1 heterocycles. The Labute approximate surface area is 123 Å². The van der Waals surface area contributed by atoms with Crippen molar-refractivity contribution < 1.29 is 23.0 Å². The molecule has 1 N–H and O–H groups in total. The third-order valence-corrected chi connectivity index (χ3v) is 3.65. The normalized spacial score (nSPS) is 20.8. The van der Waals surface area contributed by atoms with Crippen molar-refractivity contribution in [2.24, 2.45) is 0 Å². The van der Waals surface area contributed by atoms with Crippen molar-refractivity contribution in [2.75, 3.05) is 0 Å². The smallest absolute Gasteiger partial charge is 0.194 e. The van der Waals surface area contributed by atoms with Gasteiger partial charge in [-0.25, -0.2) is 13.2 Å². The van der Waals surface area contributed by atoms with E-state index in [1.807, 2.05) is 0 Å². The van der Waals surface area contributed by atoms with Crippen molar-refractivity contribution in [3.05, 3.63) is 63.9 Å². The molecule has 1 aliphatic heterocycles. The minimum absolute atomic E-state index is 0.0951. The molecule has 110 valence electrons. The third kappa shape index (κ3) is 2.59. The van der Waals surface area contributed by atoms with Crippen molar-refractivity contribution in [1.82, 2.24) is 0 Å². The summed E-state index contributed by atoms with van der Waals surface area (Å²) in [6.45, 7) is 0. The number of aliphatic hydroxyl groups is 1. The van der Waals surface area contributed by atoms with Crippen LogP contribution in [-0.4, -0.2) is 5.11 Å². The van der Waals surface area contributed by atoms with E-state index >= 15 is 0 Å². The molecule has 2 aromatic rings. The van der Waals surface area contributed by atoms with Crippen LogP contribution in [0.4, 0.5) is 13.2 Å². The number of hydrogen-bond donors (Lipinski definition) is 1. The predicted octanol–water partition coefficient (Wildman–Crippen LogP) is 4.31. The van der Waals surface area contributed by atoms with E-state index in [0.717, 1.165) is 12.1 Å². The van der Waals surface area contributed by atoms with Crippen LogP contribution >= 0.6 is 11.6 Å². The second kappa shape index (κ2) is 5.24. The van der Waals surface area contributed by atoms with Crippen molar-refractivity contribution in [2.45, 2.75) is 18.6 Å². The van der Waals surface area contributed by atoms with E-state index in [9.17, 15) is 18.3 Å².